The molecule has 0 fully saturated rings. The van der Waals surface area contributed by atoms with Crippen molar-refractivity contribution in [3.63, 3.8) is 0 Å². The van der Waals surface area contributed by atoms with Crippen molar-refractivity contribution in [3.05, 3.63) is 28.9 Å². The quantitative estimate of drug-likeness (QED) is 0.873. The first kappa shape index (κ1) is 11.4. The molecule has 0 aliphatic heterocycles. The maximum absolute atomic E-state index is 6.22. The van der Waals surface area contributed by atoms with Gasteiger partial charge in [0.25, 0.3) is 0 Å². The fourth-order valence-corrected chi connectivity index (χ4v) is 2.12. The van der Waals surface area contributed by atoms with E-state index in [2.05, 4.69) is 18.9 Å². The number of rotatable bonds is 2. The molecule has 16 heavy (non-hydrogen) atoms. The van der Waals surface area contributed by atoms with E-state index in [1.54, 1.807) is 0 Å². The van der Waals surface area contributed by atoms with Crippen LogP contribution in [-0.4, -0.2) is 9.78 Å². The molecule has 0 aliphatic rings. The van der Waals surface area contributed by atoms with Crippen molar-refractivity contribution in [1.29, 1.82) is 0 Å². The van der Waals surface area contributed by atoms with Gasteiger partial charge in [-0.05, 0) is 18.1 Å². The van der Waals surface area contributed by atoms with Crippen LogP contribution in [0, 0.1) is 5.92 Å². The van der Waals surface area contributed by atoms with E-state index >= 15 is 0 Å². The Kier molecular flexibility index (Phi) is 2.91. The van der Waals surface area contributed by atoms with Gasteiger partial charge in [-0.15, -0.1) is 0 Å². The zero-order chi connectivity index (χ0) is 11.9. The van der Waals surface area contributed by atoms with E-state index in [1.807, 2.05) is 29.9 Å². The highest BCUT2D eigenvalue weighted by Crippen LogP contribution is 2.31. The van der Waals surface area contributed by atoms with Crippen LogP contribution in [0.2, 0.25) is 5.02 Å². The van der Waals surface area contributed by atoms with Gasteiger partial charge in [0, 0.05) is 12.4 Å². The minimum Gasteiger partial charge on any atom is -0.322 e. The van der Waals surface area contributed by atoms with Gasteiger partial charge in [0.2, 0.25) is 0 Å². The van der Waals surface area contributed by atoms with E-state index in [-0.39, 0.29) is 6.04 Å². The van der Waals surface area contributed by atoms with Crippen LogP contribution in [0.1, 0.15) is 25.6 Å². The number of aryl methyl sites for hydroxylation is 1. The molecule has 86 valence electrons. The number of nitrogens with two attached hydrogens (primary N) is 1. The molecule has 0 saturated heterocycles. The monoisotopic (exact) mass is 237 g/mol. The van der Waals surface area contributed by atoms with Gasteiger partial charge in [-0.25, -0.2) is 0 Å². The number of halogens is 1. The lowest BCUT2D eigenvalue weighted by Crippen LogP contribution is -2.17. The molecule has 1 atom stereocenters. The molecule has 0 saturated carbocycles. The third-order valence-corrected chi connectivity index (χ3v) is 3.20. The predicted octanol–water partition coefficient (Wildman–Crippen LogP) is 2.88. The van der Waals surface area contributed by atoms with Crippen LogP contribution in [0.3, 0.4) is 0 Å². The number of aromatic nitrogens is 2. The van der Waals surface area contributed by atoms with Gasteiger partial charge in [-0.3, -0.25) is 4.68 Å². The molecule has 1 aromatic heterocycles. The Balaban J connectivity index is 2.71. The van der Waals surface area contributed by atoms with E-state index in [1.165, 1.54) is 0 Å². The topological polar surface area (TPSA) is 43.8 Å². The number of benzene rings is 1. The third-order valence-electron chi connectivity index (χ3n) is 2.89. The summed E-state index contributed by atoms with van der Waals surface area (Å²) in [4.78, 5) is 0. The van der Waals surface area contributed by atoms with Gasteiger partial charge in [-0.1, -0.05) is 31.5 Å². The number of nitrogens with zero attached hydrogens (tertiary/aromatic N) is 2. The summed E-state index contributed by atoms with van der Waals surface area (Å²) in [6.45, 7) is 4.17. The Hall–Kier alpha value is -1.06. The van der Waals surface area contributed by atoms with Gasteiger partial charge in [0.15, 0.2) is 0 Å². The summed E-state index contributed by atoms with van der Waals surface area (Å²) in [6, 6.07) is 5.73. The lowest BCUT2D eigenvalue weighted by atomic mass is 9.99. The second-order valence-corrected chi connectivity index (χ2v) is 4.82. The van der Waals surface area contributed by atoms with Crippen molar-refractivity contribution in [2.45, 2.75) is 19.9 Å². The summed E-state index contributed by atoms with van der Waals surface area (Å²) in [5.74, 6) is 0.342. The highest BCUT2D eigenvalue weighted by atomic mass is 35.5. The molecule has 1 unspecified atom stereocenters. The van der Waals surface area contributed by atoms with Crippen molar-refractivity contribution < 1.29 is 0 Å². The molecule has 0 bridgehead atoms. The van der Waals surface area contributed by atoms with E-state index in [0.717, 1.165) is 21.6 Å². The highest BCUT2D eigenvalue weighted by molar-refractivity contribution is 6.35. The Labute approximate surface area is 100 Å². The smallest absolute Gasteiger partial charge is 0.0887 e. The minimum atomic E-state index is -0.0800. The number of hydrogen-bond donors (Lipinski definition) is 1. The number of fused-ring (bicyclic) bond motifs is 1. The van der Waals surface area contributed by atoms with Crippen LogP contribution in [0.5, 0.6) is 0 Å². The molecule has 1 aromatic carbocycles. The lowest BCUT2D eigenvalue weighted by molar-refractivity contribution is 0.499. The van der Waals surface area contributed by atoms with Crippen molar-refractivity contribution in [2.24, 2.45) is 18.7 Å². The van der Waals surface area contributed by atoms with Crippen molar-refractivity contribution in [3.8, 4) is 0 Å². The Bertz CT molecular complexity index is 516. The molecule has 3 nitrogen and oxygen atoms in total. The third kappa shape index (κ3) is 1.70. The second-order valence-electron chi connectivity index (χ2n) is 4.41. The average molecular weight is 238 g/mol. The Morgan fingerprint density at radius 3 is 2.69 bits per heavy atom. The van der Waals surface area contributed by atoms with Crippen LogP contribution < -0.4 is 5.73 Å². The van der Waals surface area contributed by atoms with Crippen LogP contribution in [0.25, 0.3) is 10.9 Å². The minimum absolute atomic E-state index is 0.0800. The molecule has 2 aromatic rings. The zero-order valence-corrected chi connectivity index (χ0v) is 10.5. The van der Waals surface area contributed by atoms with Gasteiger partial charge in [-0.2, -0.15) is 5.10 Å². The summed E-state index contributed by atoms with van der Waals surface area (Å²) in [5.41, 5.74) is 8.07. The van der Waals surface area contributed by atoms with Crippen molar-refractivity contribution >= 4 is 22.5 Å². The maximum atomic E-state index is 6.22. The van der Waals surface area contributed by atoms with E-state index < -0.39 is 0 Å². The van der Waals surface area contributed by atoms with Gasteiger partial charge < -0.3 is 5.73 Å². The molecule has 2 N–H and O–H groups in total. The van der Waals surface area contributed by atoms with Crippen LogP contribution in [0.15, 0.2) is 18.2 Å². The molecular weight excluding hydrogens is 222 g/mol. The SMILES string of the molecule is CC(C)C(N)c1nn(C)c2cccc(Cl)c12. The van der Waals surface area contributed by atoms with E-state index in [9.17, 15) is 0 Å². The van der Waals surface area contributed by atoms with Crippen LogP contribution in [0.4, 0.5) is 0 Å². The van der Waals surface area contributed by atoms with Gasteiger partial charge >= 0.3 is 0 Å². The first-order chi connectivity index (χ1) is 7.52. The fourth-order valence-electron chi connectivity index (χ4n) is 1.85. The van der Waals surface area contributed by atoms with Crippen molar-refractivity contribution in [1.82, 2.24) is 9.78 Å². The molecule has 0 aliphatic carbocycles. The normalized spacial score (nSPS) is 13.6. The maximum Gasteiger partial charge on any atom is 0.0887 e. The summed E-state index contributed by atoms with van der Waals surface area (Å²) >= 11 is 6.22. The average Bonchev–Trinajstić information content (AvgIpc) is 2.57. The highest BCUT2D eigenvalue weighted by Gasteiger charge is 2.19. The number of hydrogen-bond acceptors (Lipinski definition) is 2. The molecule has 1 heterocycles. The zero-order valence-electron chi connectivity index (χ0n) is 9.74. The summed E-state index contributed by atoms with van der Waals surface area (Å²) < 4.78 is 1.83. The largest absolute Gasteiger partial charge is 0.322 e. The molecular formula is C12H16ClN3. The fraction of sp³-hybridized carbons (Fsp3) is 0.417. The van der Waals surface area contributed by atoms with Crippen LogP contribution in [-0.2, 0) is 7.05 Å². The molecule has 0 spiro atoms. The van der Waals surface area contributed by atoms with Crippen LogP contribution >= 0.6 is 11.6 Å². The summed E-state index contributed by atoms with van der Waals surface area (Å²) in [6.07, 6.45) is 0. The second kappa shape index (κ2) is 4.07. The van der Waals surface area contributed by atoms with Gasteiger partial charge in [0.05, 0.1) is 22.3 Å². The first-order valence-corrected chi connectivity index (χ1v) is 5.77. The lowest BCUT2D eigenvalue weighted by Gasteiger charge is -2.13. The van der Waals surface area contributed by atoms with E-state index in [4.69, 9.17) is 17.3 Å². The Morgan fingerprint density at radius 1 is 1.38 bits per heavy atom. The first-order valence-electron chi connectivity index (χ1n) is 5.39. The summed E-state index contributed by atoms with van der Waals surface area (Å²) in [7, 11) is 1.91. The molecule has 0 amide bonds. The predicted molar refractivity (Wildman–Crippen MR) is 67.5 cm³/mol. The summed E-state index contributed by atoms with van der Waals surface area (Å²) in [5, 5.41) is 6.18. The van der Waals surface area contributed by atoms with Gasteiger partial charge in [0.1, 0.15) is 0 Å². The molecule has 4 heteroatoms. The van der Waals surface area contributed by atoms with E-state index in [0.29, 0.717) is 5.92 Å². The van der Waals surface area contributed by atoms with Crippen molar-refractivity contribution in [2.75, 3.05) is 0 Å². The Morgan fingerprint density at radius 2 is 2.06 bits per heavy atom. The molecule has 2 rings (SSSR count). The standard InChI is InChI=1S/C12H16ClN3/c1-7(2)11(14)12-10-8(13)5-4-6-9(10)16(3)15-12/h4-7,11H,14H2,1-3H3. The molecule has 0 radical (unpaired) electrons.